The van der Waals surface area contributed by atoms with Crippen molar-refractivity contribution in [1.29, 1.82) is 0 Å². The number of likely N-dealkylation sites (tertiary alicyclic amines) is 1. The largest absolute Gasteiger partial charge is 0.338 e. The molecule has 0 aliphatic carbocycles. The SMILES string of the molecule is O=C(NCCc1nnc2n1CCCCC2)N1CCCC1c1cccs1. The second-order valence-corrected chi connectivity index (χ2v) is 7.82. The molecule has 2 amide bonds. The molecule has 1 fully saturated rings. The van der Waals surface area contributed by atoms with Crippen molar-refractivity contribution in [3.05, 3.63) is 34.0 Å². The fourth-order valence-corrected chi connectivity index (χ4v) is 4.77. The van der Waals surface area contributed by atoms with Crippen molar-refractivity contribution in [3.8, 4) is 0 Å². The molecule has 1 N–H and O–H groups in total. The lowest BCUT2D eigenvalue weighted by Crippen LogP contribution is -2.40. The van der Waals surface area contributed by atoms with Crippen molar-refractivity contribution < 1.29 is 4.79 Å². The smallest absolute Gasteiger partial charge is 0.317 e. The molecule has 4 heterocycles. The molecule has 0 bridgehead atoms. The molecule has 2 aromatic heterocycles. The van der Waals surface area contributed by atoms with Crippen molar-refractivity contribution in [3.63, 3.8) is 0 Å². The van der Waals surface area contributed by atoms with E-state index in [9.17, 15) is 4.79 Å². The fourth-order valence-electron chi connectivity index (χ4n) is 3.90. The highest BCUT2D eigenvalue weighted by Crippen LogP contribution is 2.34. The van der Waals surface area contributed by atoms with E-state index in [-0.39, 0.29) is 12.1 Å². The number of hydrogen-bond acceptors (Lipinski definition) is 4. The molecule has 0 radical (unpaired) electrons. The number of urea groups is 1. The van der Waals surface area contributed by atoms with Crippen LogP contribution in [0.3, 0.4) is 0 Å². The Morgan fingerprint density at radius 2 is 2.20 bits per heavy atom. The van der Waals surface area contributed by atoms with E-state index in [0.717, 1.165) is 50.4 Å². The lowest BCUT2D eigenvalue weighted by atomic mass is 10.2. The van der Waals surface area contributed by atoms with E-state index in [4.69, 9.17) is 0 Å². The van der Waals surface area contributed by atoms with Crippen LogP contribution in [0, 0.1) is 0 Å². The van der Waals surface area contributed by atoms with Crippen molar-refractivity contribution in [2.75, 3.05) is 13.1 Å². The van der Waals surface area contributed by atoms with Crippen molar-refractivity contribution in [1.82, 2.24) is 25.0 Å². The predicted molar refractivity (Wildman–Crippen MR) is 97.7 cm³/mol. The van der Waals surface area contributed by atoms with Gasteiger partial charge in [0.1, 0.15) is 11.6 Å². The van der Waals surface area contributed by atoms with E-state index in [0.29, 0.717) is 6.54 Å². The Morgan fingerprint density at radius 3 is 3.08 bits per heavy atom. The summed E-state index contributed by atoms with van der Waals surface area (Å²) in [6, 6.07) is 4.48. The Balaban J connectivity index is 1.33. The Hall–Kier alpha value is -1.89. The molecule has 7 heteroatoms. The molecule has 0 spiro atoms. The quantitative estimate of drug-likeness (QED) is 0.912. The minimum absolute atomic E-state index is 0.0477. The maximum Gasteiger partial charge on any atom is 0.317 e. The van der Waals surface area contributed by atoms with E-state index in [1.165, 1.54) is 24.1 Å². The van der Waals surface area contributed by atoms with Crippen molar-refractivity contribution >= 4 is 17.4 Å². The second kappa shape index (κ2) is 7.56. The summed E-state index contributed by atoms with van der Waals surface area (Å²) in [5.41, 5.74) is 0. The Labute approximate surface area is 152 Å². The van der Waals surface area contributed by atoms with Gasteiger partial charge in [-0.1, -0.05) is 12.5 Å². The van der Waals surface area contributed by atoms with Gasteiger partial charge in [0, 0.05) is 37.4 Å². The van der Waals surface area contributed by atoms with Crippen LogP contribution in [-0.2, 0) is 19.4 Å². The van der Waals surface area contributed by atoms with E-state index in [2.05, 4.69) is 37.6 Å². The number of fused-ring (bicyclic) bond motifs is 1. The van der Waals surface area contributed by atoms with Gasteiger partial charge in [-0.05, 0) is 37.1 Å². The van der Waals surface area contributed by atoms with Gasteiger partial charge in [0.15, 0.2) is 0 Å². The molecule has 2 aromatic rings. The molecule has 6 nitrogen and oxygen atoms in total. The Bertz CT molecular complexity index is 711. The summed E-state index contributed by atoms with van der Waals surface area (Å²) in [6.07, 6.45) is 7.57. The minimum atomic E-state index is 0.0477. The van der Waals surface area contributed by atoms with Crippen LogP contribution in [-0.4, -0.2) is 38.8 Å². The normalized spacial score (nSPS) is 20.3. The summed E-state index contributed by atoms with van der Waals surface area (Å²) in [7, 11) is 0. The van der Waals surface area contributed by atoms with E-state index < -0.39 is 0 Å². The first-order valence-electron chi connectivity index (χ1n) is 9.32. The minimum Gasteiger partial charge on any atom is -0.338 e. The Kier molecular flexibility index (Phi) is 5.01. The van der Waals surface area contributed by atoms with Crippen LogP contribution in [0.15, 0.2) is 17.5 Å². The molecular weight excluding hydrogens is 334 g/mol. The summed E-state index contributed by atoms with van der Waals surface area (Å²) in [4.78, 5) is 15.9. The van der Waals surface area contributed by atoms with Crippen LogP contribution in [0.25, 0.3) is 0 Å². The molecule has 1 unspecified atom stereocenters. The molecule has 1 saturated heterocycles. The molecule has 4 rings (SSSR count). The average molecular weight is 359 g/mol. The van der Waals surface area contributed by atoms with Gasteiger partial charge in [0.05, 0.1) is 6.04 Å². The van der Waals surface area contributed by atoms with Gasteiger partial charge in [-0.25, -0.2) is 4.79 Å². The molecule has 2 aliphatic rings. The van der Waals surface area contributed by atoms with Crippen LogP contribution in [0.2, 0.25) is 0 Å². The van der Waals surface area contributed by atoms with Gasteiger partial charge in [-0.15, -0.1) is 21.5 Å². The first-order valence-corrected chi connectivity index (χ1v) is 10.2. The molecule has 25 heavy (non-hydrogen) atoms. The van der Waals surface area contributed by atoms with Gasteiger partial charge in [-0.2, -0.15) is 0 Å². The highest BCUT2D eigenvalue weighted by Gasteiger charge is 2.30. The maximum atomic E-state index is 12.6. The number of rotatable bonds is 4. The zero-order valence-electron chi connectivity index (χ0n) is 14.5. The monoisotopic (exact) mass is 359 g/mol. The molecule has 2 aliphatic heterocycles. The summed E-state index contributed by atoms with van der Waals surface area (Å²) >= 11 is 1.74. The number of carbonyl (C=O) groups is 1. The number of amides is 2. The van der Waals surface area contributed by atoms with Gasteiger partial charge in [0.2, 0.25) is 0 Å². The van der Waals surface area contributed by atoms with Gasteiger partial charge in [0.25, 0.3) is 0 Å². The van der Waals surface area contributed by atoms with Crippen LogP contribution in [0.4, 0.5) is 4.79 Å². The predicted octanol–water partition coefficient (Wildman–Crippen LogP) is 3.16. The number of carbonyl (C=O) groups excluding carboxylic acids is 1. The highest BCUT2D eigenvalue weighted by atomic mass is 32.1. The molecule has 0 saturated carbocycles. The summed E-state index contributed by atoms with van der Waals surface area (Å²) in [5.74, 6) is 2.12. The van der Waals surface area contributed by atoms with Crippen LogP contribution in [0.5, 0.6) is 0 Å². The van der Waals surface area contributed by atoms with Gasteiger partial charge >= 0.3 is 6.03 Å². The molecule has 0 aromatic carbocycles. The third kappa shape index (κ3) is 3.56. The first kappa shape index (κ1) is 16.6. The standard InChI is InChI=1S/C18H25N5OS/c24-18(22-12-4-6-14(22)15-7-5-13-25-15)19-10-9-17-21-20-16-8-2-1-3-11-23(16)17/h5,7,13-14H,1-4,6,8-12H2,(H,19,24). The van der Waals surface area contributed by atoms with E-state index in [1.54, 1.807) is 11.3 Å². The second-order valence-electron chi connectivity index (χ2n) is 6.84. The number of nitrogens with zero attached hydrogens (tertiary/aromatic N) is 4. The summed E-state index contributed by atoms with van der Waals surface area (Å²) < 4.78 is 2.25. The zero-order chi connectivity index (χ0) is 17.1. The first-order chi connectivity index (χ1) is 12.3. The lowest BCUT2D eigenvalue weighted by molar-refractivity contribution is 0.194. The third-order valence-electron chi connectivity index (χ3n) is 5.20. The van der Waals surface area contributed by atoms with E-state index >= 15 is 0 Å². The molecule has 134 valence electrons. The molecular formula is C18H25N5OS. The lowest BCUT2D eigenvalue weighted by Gasteiger charge is -2.24. The fraction of sp³-hybridized carbons (Fsp3) is 0.611. The van der Waals surface area contributed by atoms with Crippen LogP contribution in [0.1, 0.15) is 54.7 Å². The topological polar surface area (TPSA) is 63.1 Å². The highest BCUT2D eigenvalue weighted by molar-refractivity contribution is 7.10. The average Bonchev–Trinajstić information content (AvgIpc) is 3.33. The summed E-state index contributed by atoms with van der Waals surface area (Å²) in [5, 5.41) is 13.8. The maximum absolute atomic E-state index is 12.6. The van der Waals surface area contributed by atoms with Crippen molar-refractivity contribution in [2.45, 2.75) is 57.5 Å². The number of thiophene rings is 1. The van der Waals surface area contributed by atoms with E-state index in [1.807, 2.05) is 4.90 Å². The Morgan fingerprint density at radius 1 is 1.24 bits per heavy atom. The number of nitrogens with one attached hydrogen (secondary N) is 1. The zero-order valence-corrected chi connectivity index (χ0v) is 15.3. The number of aromatic nitrogens is 3. The van der Waals surface area contributed by atoms with Crippen LogP contribution >= 0.6 is 11.3 Å². The van der Waals surface area contributed by atoms with Gasteiger partial charge < -0.3 is 14.8 Å². The third-order valence-corrected chi connectivity index (χ3v) is 6.17. The number of aryl methyl sites for hydroxylation is 1. The number of hydrogen-bond donors (Lipinski definition) is 1. The molecule has 1 atom stereocenters. The van der Waals surface area contributed by atoms with Crippen LogP contribution < -0.4 is 5.32 Å². The summed E-state index contributed by atoms with van der Waals surface area (Å²) in [6.45, 7) is 2.47. The van der Waals surface area contributed by atoms with Gasteiger partial charge in [-0.3, -0.25) is 0 Å². The van der Waals surface area contributed by atoms with Crippen molar-refractivity contribution in [2.24, 2.45) is 0 Å².